The molecule has 1 aliphatic heterocycles. The minimum absolute atomic E-state index is 0.0341. The Labute approximate surface area is 118 Å². The van der Waals surface area contributed by atoms with Crippen molar-refractivity contribution in [3.63, 3.8) is 0 Å². The predicted octanol–water partition coefficient (Wildman–Crippen LogP) is 1.03. The lowest BCUT2D eigenvalue weighted by molar-refractivity contribution is -0.139. The molecule has 1 amide bonds. The highest BCUT2D eigenvalue weighted by Crippen LogP contribution is 2.69. The molecule has 0 aromatic heterocycles. The van der Waals surface area contributed by atoms with Gasteiger partial charge in [0.1, 0.15) is 0 Å². The summed E-state index contributed by atoms with van der Waals surface area (Å²) in [5.74, 6) is 2.09. The number of rotatable bonds is 4. The quantitative estimate of drug-likeness (QED) is 0.806. The van der Waals surface area contributed by atoms with Crippen LogP contribution in [0, 0.1) is 29.6 Å². The third-order valence-corrected chi connectivity index (χ3v) is 6.02. The fraction of sp³-hybridized carbons (Fsp3) is 0.867. The molecule has 4 rings (SSSR count). The zero-order chi connectivity index (χ0) is 13.9. The third kappa shape index (κ3) is 1.79. The number of carboxylic acids is 1. The molecule has 0 spiro atoms. The van der Waals surface area contributed by atoms with Gasteiger partial charge in [-0.25, -0.2) is 0 Å². The number of aliphatic carboxylic acids is 1. The van der Waals surface area contributed by atoms with Crippen molar-refractivity contribution < 1.29 is 19.4 Å². The zero-order valence-electron chi connectivity index (χ0n) is 11.5. The number of carbonyl (C=O) groups excluding carboxylic acids is 1. The highest BCUT2D eigenvalue weighted by Gasteiger charge is 2.67. The van der Waals surface area contributed by atoms with Gasteiger partial charge >= 0.3 is 5.97 Å². The minimum Gasteiger partial charge on any atom is -0.481 e. The van der Waals surface area contributed by atoms with Crippen molar-refractivity contribution in [2.75, 3.05) is 13.2 Å². The second-order valence-electron chi connectivity index (χ2n) is 7.16. The summed E-state index contributed by atoms with van der Waals surface area (Å²) >= 11 is 0. The van der Waals surface area contributed by atoms with Crippen LogP contribution in [0.25, 0.3) is 0 Å². The molecule has 110 valence electrons. The molecule has 3 aliphatic carbocycles. The van der Waals surface area contributed by atoms with Gasteiger partial charge in [-0.05, 0) is 49.4 Å². The number of hydrogen-bond acceptors (Lipinski definition) is 3. The van der Waals surface area contributed by atoms with E-state index in [0.717, 1.165) is 11.8 Å². The van der Waals surface area contributed by atoms with Crippen LogP contribution < -0.4 is 5.32 Å². The van der Waals surface area contributed by atoms with Crippen LogP contribution in [0.2, 0.25) is 0 Å². The summed E-state index contributed by atoms with van der Waals surface area (Å²) in [5, 5.41) is 12.1. The largest absolute Gasteiger partial charge is 0.481 e. The van der Waals surface area contributed by atoms with Gasteiger partial charge in [0.05, 0.1) is 18.6 Å². The summed E-state index contributed by atoms with van der Waals surface area (Å²) < 4.78 is 5.33. The van der Waals surface area contributed by atoms with E-state index in [1.54, 1.807) is 0 Å². The maximum absolute atomic E-state index is 12.5. The van der Waals surface area contributed by atoms with Crippen LogP contribution in [0.15, 0.2) is 0 Å². The van der Waals surface area contributed by atoms with Crippen LogP contribution in [0.3, 0.4) is 0 Å². The van der Waals surface area contributed by atoms with Gasteiger partial charge in [-0.2, -0.15) is 0 Å². The van der Waals surface area contributed by atoms with Crippen LogP contribution in [0.4, 0.5) is 0 Å². The minimum atomic E-state index is -0.869. The molecular weight excluding hydrogens is 258 g/mol. The Kier molecular flexibility index (Phi) is 2.65. The second-order valence-corrected chi connectivity index (χ2v) is 7.16. The van der Waals surface area contributed by atoms with Crippen molar-refractivity contribution in [2.24, 2.45) is 29.6 Å². The lowest BCUT2D eigenvalue weighted by Gasteiger charge is -2.27. The number of amides is 1. The molecule has 5 atom stereocenters. The number of carboxylic acid groups (broad SMARTS) is 1. The monoisotopic (exact) mass is 279 g/mol. The van der Waals surface area contributed by atoms with Crippen molar-refractivity contribution in [3.8, 4) is 0 Å². The maximum atomic E-state index is 12.5. The average molecular weight is 279 g/mol. The molecule has 4 fully saturated rings. The Morgan fingerprint density at radius 3 is 2.50 bits per heavy atom. The first-order valence-electron chi connectivity index (χ1n) is 7.71. The molecular formula is C15H21NO4. The van der Waals surface area contributed by atoms with Crippen molar-refractivity contribution in [1.82, 2.24) is 5.32 Å². The van der Waals surface area contributed by atoms with Gasteiger partial charge in [0.2, 0.25) is 5.91 Å². The summed E-state index contributed by atoms with van der Waals surface area (Å²) in [5.41, 5.74) is -0.668. The standard InChI is InChI=1S/C15H21NO4/c17-10(18)6-15(3-4-20-7-15)16-14(19)13-11-8-1-2-9(5-8)12(11)13/h8-9,11-13H,1-7H2,(H,16,19)(H,17,18). The smallest absolute Gasteiger partial charge is 0.305 e. The van der Waals surface area contributed by atoms with Crippen molar-refractivity contribution in [2.45, 2.75) is 37.6 Å². The average Bonchev–Trinajstić information content (AvgIpc) is 2.75. The molecule has 0 radical (unpaired) electrons. The van der Waals surface area contributed by atoms with E-state index in [4.69, 9.17) is 9.84 Å². The van der Waals surface area contributed by atoms with E-state index in [1.807, 2.05) is 0 Å². The summed E-state index contributed by atoms with van der Waals surface area (Å²) in [6, 6.07) is 0. The lowest BCUT2D eigenvalue weighted by atomic mass is 9.93. The van der Waals surface area contributed by atoms with Crippen LogP contribution in [0.1, 0.15) is 32.1 Å². The molecule has 1 saturated heterocycles. The molecule has 5 heteroatoms. The van der Waals surface area contributed by atoms with E-state index in [0.29, 0.717) is 31.5 Å². The van der Waals surface area contributed by atoms with Crippen LogP contribution in [-0.2, 0) is 14.3 Å². The summed E-state index contributed by atoms with van der Waals surface area (Å²) in [6.07, 6.45) is 4.48. The molecule has 1 heterocycles. The highest BCUT2D eigenvalue weighted by molar-refractivity contribution is 5.84. The number of nitrogens with one attached hydrogen (secondary N) is 1. The maximum Gasteiger partial charge on any atom is 0.305 e. The number of carbonyl (C=O) groups is 2. The van der Waals surface area contributed by atoms with Crippen LogP contribution in [-0.4, -0.2) is 35.7 Å². The first-order valence-corrected chi connectivity index (χ1v) is 7.71. The van der Waals surface area contributed by atoms with Gasteiger partial charge in [0.25, 0.3) is 0 Å². The van der Waals surface area contributed by atoms with Crippen LogP contribution in [0.5, 0.6) is 0 Å². The summed E-state index contributed by atoms with van der Waals surface area (Å²) in [4.78, 5) is 23.6. The van der Waals surface area contributed by atoms with Gasteiger partial charge in [0, 0.05) is 12.5 Å². The van der Waals surface area contributed by atoms with E-state index in [9.17, 15) is 9.59 Å². The van der Waals surface area contributed by atoms with Gasteiger partial charge in [-0.3, -0.25) is 9.59 Å². The fourth-order valence-electron chi connectivity index (χ4n) is 5.20. The molecule has 0 aromatic rings. The first-order chi connectivity index (χ1) is 9.60. The topological polar surface area (TPSA) is 75.6 Å². The van der Waals surface area contributed by atoms with Gasteiger partial charge < -0.3 is 15.2 Å². The Morgan fingerprint density at radius 1 is 1.25 bits per heavy atom. The Hall–Kier alpha value is -1.10. The molecule has 5 unspecified atom stereocenters. The third-order valence-electron chi connectivity index (χ3n) is 6.02. The molecule has 2 bridgehead atoms. The highest BCUT2D eigenvalue weighted by atomic mass is 16.5. The van der Waals surface area contributed by atoms with Gasteiger partial charge in [0.15, 0.2) is 0 Å². The summed E-state index contributed by atoms with van der Waals surface area (Å²) in [7, 11) is 0. The van der Waals surface area contributed by atoms with E-state index < -0.39 is 11.5 Å². The van der Waals surface area contributed by atoms with Crippen molar-refractivity contribution >= 4 is 11.9 Å². The molecule has 20 heavy (non-hydrogen) atoms. The molecule has 3 saturated carbocycles. The predicted molar refractivity (Wildman–Crippen MR) is 69.9 cm³/mol. The normalized spacial score (nSPS) is 48.1. The van der Waals surface area contributed by atoms with E-state index in [1.165, 1.54) is 19.3 Å². The number of hydrogen-bond donors (Lipinski definition) is 2. The number of ether oxygens (including phenoxy) is 1. The fourth-order valence-corrected chi connectivity index (χ4v) is 5.20. The van der Waals surface area contributed by atoms with Crippen molar-refractivity contribution in [1.29, 1.82) is 0 Å². The van der Waals surface area contributed by atoms with Crippen molar-refractivity contribution in [3.05, 3.63) is 0 Å². The zero-order valence-corrected chi connectivity index (χ0v) is 11.5. The Bertz CT molecular complexity index is 441. The van der Waals surface area contributed by atoms with Gasteiger partial charge in [-0.1, -0.05) is 0 Å². The van der Waals surface area contributed by atoms with E-state index in [-0.39, 0.29) is 18.2 Å². The SMILES string of the molecule is O=C(O)CC1(NC(=O)C2C3C4CCC(C4)C23)CCOC1. The number of fused-ring (bicyclic) bond motifs is 5. The second kappa shape index (κ2) is 4.20. The molecule has 5 nitrogen and oxygen atoms in total. The van der Waals surface area contributed by atoms with Gasteiger partial charge in [-0.15, -0.1) is 0 Å². The Morgan fingerprint density at radius 2 is 1.95 bits per heavy atom. The van der Waals surface area contributed by atoms with E-state index >= 15 is 0 Å². The molecule has 4 aliphatic rings. The van der Waals surface area contributed by atoms with E-state index in [2.05, 4.69) is 5.32 Å². The van der Waals surface area contributed by atoms with Crippen LogP contribution >= 0.6 is 0 Å². The lowest BCUT2D eigenvalue weighted by Crippen LogP contribution is -2.51. The summed E-state index contributed by atoms with van der Waals surface area (Å²) in [6.45, 7) is 0.871. The molecule has 0 aromatic carbocycles. The molecule has 2 N–H and O–H groups in total. The Balaban J connectivity index is 1.43. The first kappa shape index (κ1) is 12.6.